The van der Waals surface area contributed by atoms with Crippen molar-refractivity contribution in [3.8, 4) is 5.75 Å². The second-order valence-electron chi connectivity index (χ2n) is 3.50. The summed E-state index contributed by atoms with van der Waals surface area (Å²) in [5.41, 5.74) is 1.16. The molecule has 5 nitrogen and oxygen atoms in total. The van der Waals surface area contributed by atoms with Gasteiger partial charge in [-0.2, -0.15) is 8.42 Å². The molecule has 0 radical (unpaired) electrons. The Morgan fingerprint density at radius 3 is 2.25 bits per heavy atom. The zero-order valence-corrected chi connectivity index (χ0v) is 9.66. The Balaban J connectivity index is 3.22. The molecule has 0 saturated heterocycles. The summed E-state index contributed by atoms with van der Waals surface area (Å²) in [6.07, 6.45) is 0.512. The van der Waals surface area contributed by atoms with Crippen LogP contribution in [0.3, 0.4) is 0 Å². The number of aryl methyl sites for hydroxylation is 1. The molecule has 0 aromatic heterocycles. The Bertz CT molecular complexity index is 453. The maximum Gasteiger partial charge on any atom is 0.269 e. The predicted molar refractivity (Wildman–Crippen MR) is 58.7 cm³/mol. The standard InChI is InChI=1S/C10H14O5S/c1-2-8-3-7(6-16(13,14)15)4-9(5-11)10(8)12/h3-4,11-12H,2,5-6H2,1H3,(H,13,14,15). The average Bonchev–Trinajstić information content (AvgIpc) is 2.18. The first kappa shape index (κ1) is 13.0. The first-order valence-corrected chi connectivity index (χ1v) is 6.38. The summed E-state index contributed by atoms with van der Waals surface area (Å²) in [6.45, 7) is 1.42. The molecule has 0 fully saturated rings. The van der Waals surface area contributed by atoms with Crippen LogP contribution in [-0.2, 0) is 28.9 Å². The van der Waals surface area contributed by atoms with Crippen LogP contribution in [0.2, 0.25) is 0 Å². The van der Waals surface area contributed by atoms with Crippen molar-refractivity contribution in [3.63, 3.8) is 0 Å². The molecule has 3 N–H and O–H groups in total. The molecule has 0 saturated carbocycles. The third-order valence-corrected chi connectivity index (χ3v) is 2.93. The molecule has 90 valence electrons. The van der Waals surface area contributed by atoms with Crippen LogP contribution in [0.5, 0.6) is 5.75 Å². The fourth-order valence-corrected chi connectivity index (χ4v) is 2.10. The molecule has 0 amide bonds. The molecule has 6 heteroatoms. The molecule has 0 bridgehead atoms. The molecule has 0 aliphatic heterocycles. The normalized spacial score (nSPS) is 11.7. The summed E-state index contributed by atoms with van der Waals surface area (Å²) in [6, 6.07) is 2.87. The van der Waals surface area contributed by atoms with Crippen LogP contribution in [0, 0.1) is 0 Å². The monoisotopic (exact) mass is 246 g/mol. The van der Waals surface area contributed by atoms with Crippen molar-refractivity contribution in [3.05, 3.63) is 28.8 Å². The van der Waals surface area contributed by atoms with Crippen LogP contribution in [0.4, 0.5) is 0 Å². The molecule has 0 atom stereocenters. The van der Waals surface area contributed by atoms with Gasteiger partial charge in [0.2, 0.25) is 0 Å². The average molecular weight is 246 g/mol. The number of aliphatic hydroxyl groups excluding tert-OH is 1. The van der Waals surface area contributed by atoms with Crippen LogP contribution >= 0.6 is 0 Å². The quantitative estimate of drug-likeness (QED) is 0.684. The smallest absolute Gasteiger partial charge is 0.269 e. The molecular formula is C10H14O5S. The largest absolute Gasteiger partial charge is 0.507 e. The van der Waals surface area contributed by atoms with E-state index in [1.165, 1.54) is 12.1 Å². The van der Waals surface area contributed by atoms with Crippen molar-refractivity contribution in [1.29, 1.82) is 0 Å². The third-order valence-electron chi connectivity index (χ3n) is 2.23. The van der Waals surface area contributed by atoms with Gasteiger partial charge in [0, 0.05) is 5.56 Å². The number of hydrogen-bond acceptors (Lipinski definition) is 4. The second kappa shape index (κ2) is 4.82. The molecule has 16 heavy (non-hydrogen) atoms. The zero-order chi connectivity index (χ0) is 12.3. The Hall–Kier alpha value is -1.11. The second-order valence-corrected chi connectivity index (χ2v) is 4.95. The number of benzene rings is 1. The Labute approximate surface area is 94.1 Å². The van der Waals surface area contributed by atoms with Gasteiger partial charge >= 0.3 is 0 Å². The summed E-state index contributed by atoms with van der Waals surface area (Å²) in [5.74, 6) is -0.545. The maximum absolute atomic E-state index is 10.7. The van der Waals surface area contributed by atoms with Crippen molar-refractivity contribution in [2.45, 2.75) is 25.7 Å². The van der Waals surface area contributed by atoms with Gasteiger partial charge in [-0.25, -0.2) is 0 Å². The van der Waals surface area contributed by atoms with Crippen LogP contribution in [0.1, 0.15) is 23.6 Å². The summed E-state index contributed by atoms with van der Waals surface area (Å²) >= 11 is 0. The summed E-state index contributed by atoms with van der Waals surface area (Å²) in [4.78, 5) is 0. The van der Waals surface area contributed by atoms with Crippen molar-refractivity contribution in [1.82, 2.24) is 0 Å². The highest BCUT2D eigenvalue weighted by atomic mass is 32.2. The molecular weight excluding hydrogens is 232 g/mol. The van der Waals surface area contributed by atoms with Crippen LogP contribution in [0.25, 0.3) is 0 Å². The van der Waals surface area contributed by atoms with Gasteiger partial charge < -0.3 is 10.2 Å². The first-order valence-electron chi connectivity index (χ1n) is 4.77. The van der Waals surface area contributed by atoms with E-state index in [0.29, 0.717) is 17.5 Å². The topological polar surface area (TPSA) is 94.8 Å². The minimum atomic E-state index is -4.10. The molecule has 0 aliphatic carbocycles. The number of aliphatic hydroxyl groups is 1. The van der Waals surface area contributed by atoms with E-state index >= 15 is 0 Å². The predicted octanol–water partition coefficient (Wildman–Crippen LogP) is 0.835. The highest BCUT2D eigenvalue weighted by Crippen LogP contribution is 2.26. The van der Waals surface area contributed by atoms with Gasteiger partial charge in [0.1, 0.15) is 11.5 Å². The number of rotatable bonds is 4. The lowest BCUT2D eigenvalue weighted by atomic mass is 10.0. The minimum absolute atomic E-state index is 0.0240. The number of hydrogen-bond donors (Lipinski definition) is 3. The van der Waals surface area contributed by atoms with E-state index < -0.39 is 15.9 Å². The molecule has 0 spiro atoms. The third kappa shape index (κ3) is 3.19. The van der Waals surface area contributed by atoms with Crippen molar-refractivity contribution in [2.75, 3.05) is 0 Å². The van der Waals surface area contributed by atoms with Crippen LogP contribution in [0.15, 0.2) is 12.1 Å². The Morgan fingerprint density at radius 2 is 1.81 bits per heavy atom. The van der Waals surface area contributed by atoms with Crippen LogP contribution < -0.4 is 0 Å². The zero-order valence-electron chi connectivity index (χ0n) is 8.84. The van der Waals surface area contributed by atoms with Gasteiger partial charge in [-0.3, -0.25) is 4.55 Å². The van der Waals surface area contributed by atoms with Gasteiger partial charge in [-0.1, -0.05) is 13.0 Å². The van der Waals surface area contributed by atoms with E-state index in [0.717, 1.165) is 0 Å². The van der Waals surface area contributed by atoms with Crippen LogP contribution in [-0.4, -0.2) is 23.2 Å². The van der Waals surface area contributed by atoms with Crippen molar-refractivity contribution < 1.29 is 23.2 Å². The fourth-order valence-electron chi connectivity index (χ4n) is 1.52. The molecule has 1 aromatic carbocycles. The van der Waals surface area contributed by atoms with Gasteiger partial charge in [0.25, 0.3) is 10.1 Å². The Kier molecular flexibility index (Phi) is 3.90. The van der Waals surface area contributed by atoms with Gasteiger partial charge in [-0.05, 0) is 23.6 Å². The summed E-state index contributed by atoms with van der Waals surface area (Å²) in [5, 5.41) is 18.6. The van der Waals surface area contributed by atoms with E-state index in [4.69, 9.17) is 9.66 Å². The Morgan fingerprint density at radius 1 is 1.25 bits per heavy atom. The fraction of sp³-hybridized carbons (Fsp3) is 0.400. The highest BCUT2D eigenvalue weighted by molar-refractivity contribution is 7.85. The maximum atomic E-state index is 10.7. The number of phenols is 1. The van der Waals surface area contributed by atoms with Crippen molar-refractivity contribution in [2.24, 2.45) is 0 Å². The van der Waals surface area contributed by atoms with E-state index in [2.05, 4.69) is 0 Å². The molecule has 0 aliphatic rings. The minimum Gasteiger partial charge on any atom is -0.507 e. The van der Waals surface area contributed by atoms with Gasteiger partial charge in [0.15, 0.2) is 0 Å². The highest BCUT2D eigenvalue weighted by Gasteiger charge is 2.12. The first-order chi connectivity index (χ1) is 7.37. The lowest BCUT2D eigenvalue weighted by Gasteiger charge is -2.09. The van der Waals surface area contributed by atoms with E-state index in [1.807, 2.05) is 0 Å². The summed E-state index contributed by atoms with van der Waals surface area (Å²) in [7, 11) is -4.10. The molecule has 0 heterocycles. The lowest BCUT2D eigenvalue weighted by molar-refractivity contribution is 0.275. The lowest BCUT2D eigenvalue weighted by Crippen LogP contribution is -2.03. The van der Waals surface area contributed by atoms with E-state index in [1.54, 1.807) is 6.92 Å². The van der Waals surface area contributed by atoms with E-state index in [-0.39, 0.29) is 17.9 Å². The molecule has 0 unspecified atom stereocenters. The SMILES string of the molecule is CCc1cc(CS(=O)(=O)O)cc(CO)c1O. The van der Waals surface area contributed by atoms with Gasteiger partial charge in [-0.15, -0.1) is 0 Å². The molecule has 1 aromatic rings. The molecule has 1 rings (SSSR count). The van der Waals surface area contributed by atoms with E-state index in [9.17, 15) is 13.5 Å². The number of aromatic hydroxyl groups is 1. The van der Waals surface area contributed by atoms with Crippen molar-refractivity contribution >= 4 is 10.1 Å². The summed E-state index contributed by atoms with van der Waals surface area (Å²) < 4.78 is 30.1. The van der Waals surface area contributed by atoms with Gasteiger partial charge in [0.05, 0.1) is 6.61 Å².